The monoisotopic (exact) mass is 187 g/mol. The molecule has 1 aromatic rings. The summed E-state index contributed by atoms with van der Waals surface area (Å²) in [6.45, 7) is 0. The summed E-state index contributed by atoms with van der Waals surface area (Å²) in [5, 5.41) is 0.197. The molecule has 2 N–H and O–H groups in total. The number of hydrogen-bond donors (Lipinski definition) is 2. The number of rotatable bonds is 0. The zero-order valence-corrected chi connectivity index (χ0v) is 7.63. The molecule has 12 heavy (non-hydrogen) atoms. The SMILES string of the molecule is Cn1c(S)c(N)c(=O)n(C)c1=O. The second kappa shape index (κ2) is 2.71. The van der Waals surface area contributed by atoms with E-state index in [1.165, 1.54) is 18.7 Å². The molecule has 1 heterocycles. The molecule has 0 unspecified atom stereocenters. The van der Waals surface area contributed by atoms with E-state index in [4.69, 9.17) is 5.73 Å². The minimum absolute atomic E-state index is 0.0112. The van der Waals surface area contributed by atoms with Crippen LogP contribution in [0.15, 0.2) is 14.6 Å². The zero-order chi connectivity index (χ0) is 9.46. The minimum atomic E-state index is -0.511. The Balaban J connectivity index is 3.86. The molecule has 1 rings (SSSR count). The number of anilines is 1. The van der Waals surface area contributed by atoms with Gasteiger partial charge in [0.25, 0.3) is 5.56 Å². The largest absolute Gasteiger partial charge is 0.392 e. The molecule has 0 aliphatic heterocycles. The third kappa shape index (κ3) is 1.04. The Hall–Kier alpha value is -1.17. The molecule has 0 aromatic carbocycles. The Morgan fingerprint density at radius 2 is 1.75 bits per heavy atom. The molecule has 0 amide bonds. The van der Waals surface area contributed by atoms with Gasteiger partial charge in [-0.05, 0) is 0 Å². The van der Waals surface area contributed by atoms with E-state index in [1.807, 2.05) is 0 Å². The van der Waals surface area contributed by atoms with Gasteiger partial charge >= 0.3 is 5.69 Å². The Morgan fingerprint density at radius 1 is 1.25 bits per heavy atom. The van der Waals surface area contributed by atoms with Crippen molar-refractivity contribution >= 4 is 18.3 Å². The van der Waals surface area contributed by atoms with E-state index in [9.17, 15) is 9.59 Å². The molecule has 66 valence electrons. The van der Waals surface area contributed by atoms with Gasteiger partial charge in [0.15, 0.2) is 0 Å². The number of nitrogen functional groups attached to an aromatic ring is 1. The lowest BCUT2D eigenvalue weighted by molar-refractivity contribution is 0.643. The Bertz CT molecular complexity index is 394. The topological polar surface area (TPSA) is 70.0 Å². The van der Waals surface area contributed by atoms with Crippen molar-refractivity contribution in [3.8, 4) is 0 Å². The normalized spacial score (nSPS) is 10.2. The fourth-order valence-electron chi connectivity index (χ4n) is 0.859. The second-order valence-corrected chi connectivity index (χ2v) is 2.87. The average molecular weight is 187 g/mol. The van der Waals surface area contributed by atoms with Crippen LogP contribution in [0, 0.1) is 0 Å². The van der Waals surface area contributed by atoms with Crippen molar-refractivity contribution < 1.29 is 0 Å². The molecule has 0 saturated heterocycles. The second-order valence-electron chi connectivity index (χ2n) is 2.44. The van der Waals surface area contributed by atoms with Crippen molar-refractivity contribution in [2.24, 2.45) is 14.1 Å². The molecule has 0 atom stereocenters. The van der Waals surface area contributed by atoms with Crippen molar-refractivity contribution in [3.63, 3.8) is 0 Å². The third-order valence-electron chi connectivity index (χ3n) is 1.67. The van der Waals surface area contributed by atoms with Crippen LogP contribution in [0.4, 0.5) is 5.69 Å². The molecule has 0 spiro atoms. The van der Waals surface area contributed by atoms with E-state index in [-0.39, 0.29) is 10.7 Å². The lowest BCUT2D eigenvalue weighted by Gasteiger charge is -2.06. The van der Waals surface area contributed by atoms with E-state index in [1.54, 1.807) is 0 Å². The number of hydrogen-bond acceptors (Lipinski definition) is 4. The first kappa shape index (κ1) is 8.92. The summed E-state index contributed by atoms with van der Waals surface area (Å²) in [4.78, 5) is 22.3. The van der Waals surface area contributed by atoms with Gasteiger partial charge in [-0.25, -0.2) is 4.79 Å². The Kier molecular flexibility index (Phi) is 2.01. The van der Waals surface area contributed by atoms with Crippen molar-refractivity contribution in [2.75, 3.05) is 5.73 Å². The molecule has 0 aliphatic carbocycles. The number of nitrogens with zero attached hydrogens (tertiary/aromatic N) is 2. The highest BCUT2D eigenvalue weighted by Crippen LogP contribution is 2.06. The van der Waals surface area contributed by atoms with E-state index in [2.05, 4.69) is 12.6 Å². The molecular formula is C6H9N3O2S. The van der Waals surface area contributed by atoms with E-state index < -0.39 is 11.2 Å². The van der Waals surface area contributed by atoms with Crippen LogP contribution < -0.4 is 17.0 Å². The molecular weight excluding hydrogens is 178 g/mol. The van der Waals surface area contributed by atoms with Gasteiger partial charge in [-0.1, -0.05) is 0 Å². The van der Waals surface area contributed by atoms with Crippen molar-refractivity contribution in [2.45, 2.75) is 5.03 Å². The molecule has 5 nitrogen and oxygen atoms in total. The highest BCUT2D eigenvalue weighted by Gasteiger charge is 2.08. The lowest BCUT2D eigenvalue weighted by atomic mass is 10.5. The van der Waals surface area contributed by atoms with Gasteiger partial charge in [0.1, 0.15) is 10.7 Å². The van der Waals surface area contributed by atoms with Gasteiger partial charge in [0, 0.05) is 14.1 Å². The molecule has 0 aliphatic rings. The maximum absolute atomic E-state index is 11.2. The fourth-order valence-corrected chi connectivity index (χ4v) is 1.04. The first-order chi connectivity index (χ1) is 5.46. The highest BCUT2D eigenvalue weighted by atomic mass is 32.1. The van der Waals surface area contributed by atoms with Gasteiger partial charge in [0.2, 0.25) is 0 Å². The molecule has 0 bridgehead atoms. The number of aromatic nitrogens is 2. The van der Waals surface area contributed by atoms with Crippen LogP contribution in [0.5, 0.6) is 0 Å². The zero-order valence-electron chi connectivity index (χ0n) is 6.74. The first-order valence-electron chi connectivity index (χ1n) is 3.21. The maximum Gasteiger partial charge on any atom is 0.331 e. The Morgan fingerprint density at radius 3 is 2.25 bits per heavy atom. The average Bonchev–Trinajstić information content (AvgIpc) is 2.08. The quantitative estimate of drug-likeness (QED) is 0.402. The molecule has 1 aromatic heterocycles. The van der Waals surface area contributed by atoms with Gasteiger partial charge in [-0.3, -0.25) is 13.9 Å². The summed E-state index contributed by atoms with van der Waals surface area (Å²) < 4.78 is 2.15. The van der Waals surface area contributed by atoms with E-state index in [0.717, 1.165) is 4.57 Å². The minimum Gasteiger partial charge on any atom is -0.392 e. The molecule has 0 saturated carbocycles. The smallest absolute Gasteiger partial charge is 0.331 e. The lowest BCUT2D eigenvalue weighted by Crippen LogP contribution is -2.38. The maximum atomic E-state index is 11.2. The predicted molar refractivity (Wildman–Crippen MR) is 48.6 cm³/mol. The summed E-state index contributed by atoms with van der Waals surface area (Å²) in [6, 6.07) is 0. The summed E-state index contributed by atoms with van der Waals surface area (Å²) >= 11 is 3.92. The predicted octanol–water partition coefficient (Wildman–Crippen LogP) is -1.05. The summed E-state index contributed by atoms with van der Waals surface area (Å²) in [5.41, 5.74) is 4.43. The van der Waals surface area contributed by atoms with E-state index in [0.29, 0.717) is 0 Å². The first-order valence-corrected chi connectivity index (χ1v) is 3.66. The van der Waals surface area contributed by atoms with Crippen LogP contribution in [0.3, 0.4) is 0 Å². The fraction of sp³-hybridized carbons (Fsp3) is 0.333. The Labute approximate surface area is 73.8 Å². The highest BCUT2D eigenvalue weighted by molar-refractivity contribution is 7.80. The van der Waals surface area contributed by atoms with Crippen molar-refractivity contribution in [3.05, 3.63) is 20.8 Å². The number of thiol groups is 1. The van der Waals surface area contributed by atoms with Crippen LogP contribution in [0.1, 0.15) is 0 Å². The van der Waals surface area contributed by atoms with Crippen LogP contribution in [-0.4, -0.2) is 9.13 Å². The van der Waals surface area contributed by atoms with Crippen molar-refractivity contribution in [1.29, 1.82) is 0 Å². The van der Waals surface area contributed by atoms with Crippen molar-refractivity contribution in [1.82, 2.24) is 9.13 Å². The van der Waals surface area contributed by atoms with E-state index >= 15 is 0 Å². The number of nitrogens with two attached hydrogens (primary N) is 1. The van der Waals surface area contributed by atoms with Gasteiger partial charge < -0.3 is 5.73 Å². The molecule has 6 heteroatoms. The van der Waals surface area contributed by atoms with Crippen LogP contribution in [0.2, 0.25) is 0 Å². The van der Waals surface area contributed by atoms with Gasteiger partial charge in [0.05, 0.1) is 0 Å². The standard InChI is InChI=1S/C6H9N3O2S/c1-8-4(10)3(7)5(12)9(2)6(8)11/h12H,7H2,1-2H3. The third-order valence-corrected chi connectivity index (χ3v) is 2.21. The molecule has 0 fully saturated rings. The molecule has 0 radical (unpaired) electrons. The summed E-state index contributed by atoms with van der Waals surface area (Å²) in [5.74, 6) is 0. The summed E-state index contributed by atoms with van der Waals surface area (Å²) in [7, 11) is 2.87. The van der Waals surface area contributed by atoms with Crippen LogP contribution in [-0.2, 0) is 14.1 Å². The van der Waals surface area contributed by atoms with Crippen LogP contribution >= 0.6 is 12.6 Å². The van der Waals surface area contributed by atoms with Gasteiger partial charge in [-0.15, -0.1) is 12.6 Å². The van der Waals surface area contributed by atoms with Gasteiger partial charge in [-0.2, -0.15) is 0 Å². The van der Waals surface area contributed by atoms with Crippen LogP contribution in [0.25, 0.3) is 0 Å². The summed E-state index contributed by atoms with van der Waals surface area (Å²) in [6.07, 6.45) is 0.